The predicted octanol–water partition coefficient (Wildman–Crippen LogP) is 4.87. The highest BCUT2D eigenvalue weighted by Crippen LogP contribution is 2.07. The summed E-state index contributed by atoms with van der Waals surface area (Å²) in [6, 6.07) is 0. The molecule has 0 aliphatic carbocycles. The van der Waals surface area contributed by atoms with Crippen molar-refractivity contribution in [3.8, 4) is 0 Å². The molecule has 0 unspecified atom stereocenters. The first-order valence-corrected chi connectivity index (χ1v) is 14.3. The third-order valence-electron chi connectivity index (χ3n) is 6.63. The number of amides is 2. The lowest BCUT2D eigenvalue weighted by Crippen LogP contribution is -2.49. The molecule has 0 aromatic carbocycles. The number of likely N-dealkylation sites (N-methyl/N-ethyl adjacent to an activating group) is 2. The van der Waals surface area contributed by atoms with Gasteiger partial charge in [0.15, 0.2) is 13.1 Å². The monoisotopic (exact) mass is 484 g/mol. The average Bonchev–Trinajstić information content (AvgIpc) is 2.75. The standard InChI is InChI=1S/C28H58N4O2/c1-7-9-11-13-15-17-21-29-27(33)25-31(3,4)23-19-20-24-32(5,6)26-28(34)30-22-18-16-14-12-10-8-2/h7-26H2,1-6H3/p+2. The van der Waals surface area contributed by atoms with Crippen LogP contribution in [0.15, 0.2) is 0 Å². The molecule has 0 spiro atoms. The molecule has 0 saturated heterocycles. The minimum absolute atomic E-state index is 0.164. The fourth-order valence-corrected chi connectivity index (χ4v) is 4.39. The smallest absolute Gasteiger partial charge is 0.275 e. The summed E-state index contributed by atoms with van der Waals surface area (Å²) in [6.07, 6.45) is 17.1. The minimum Gasteiger partial charge on any atom is -0.351 e. The quantitative estimate of drug-likeness (QED) is 0.160. The van der Waals surface area contributed by atoms with E-state index < -0.39 is 0 Å². The van der Waals surface area contributed by atoms with E-state index in [1.807, 2.05) is 0 Å². The summed E-state index contributed by atoms with van der Waals surface area (Å²) in [6.45, 7) is 9.11. The van der Waals surface area contributed by atoms with Gasteiger partial charge in [-0.2, -0.15) is 0 Å². The van der Waals surface area contributed by atoms with E-state index in [9.17, 15) is 9.59 Å². The molecule has 0 atom stereocenters. The first-order valence-electron chi connectivity index (χ1n) is 14.3. The molecule has 0 bridgehead atoms. The summed E-state index contributed by atoms with van der Waals surface area (Å²) in [5.41, 5.74) is 0. The van der Waals surface area contributed by atoms with Crippen LogP contribution in [0.1, 0.15) is 104 Å². The van der Waals surface area contributed by atoms with Crippen LogP contribution in [0.3, 0.4) is 0 Å². The van der Waals surface area contributed by atoms with Gasteiger partial charge in [-0.15, -0.1) is 0 Å². The van der Waals surface area contributed by atoms with Gasteiger partial charge < -0.3 is 19.6 Å². The maximum Gasteiger partial charge on any atom is 0.275 e. The van der Waals surface area contributed by atoms with Crippen molar-refractivity contribution in [1.82, 2.24) is 10.6 Å². The van der Waals surface area contributed by atoms with E-state index in [4.69, 9.17) is 0 Å². The summed E-state index contributed by atoms with van der Waals surface area (Å²) in [5.74, 6) is 0.327. The van der Waals surface area contributed by atoms with Crippen LogP contribution in [0, 0.1) is 0 Å². The highest BCUT2D eigenvalue weighted by atomic mass is 16.2. The first-order chi connectivity index (χ1) is 16.1. The van der Waals surface area contributed by atoms with Crippen molar-refractivity contribution in [1.29, 1.82) is 0 Å². The van der Waals surface area contributed by atoms with E-state index in [-0.39, 0.29) is 11.8 Å². The molecule has 34 heavy (non-hydrogen) atoms. The van der Waals surface area contributed by atoms with Gasteiger partial charge in [0.25, 0.3) is 11.8 Å². The molecule has 2 N–H and O–H groups in total. The number of carbonyl (C=O) groups excluding carboxylic acids is 2. The molecule has 0 rings (SSSR count). The zero-order valence-electron chi connectivity index (χ0n) is 23.9. The van der Waals surface area contributed by atoms with E-state index in [0.29, 0.717) is 22.1 Å². The molecule has 2 amide bonds. The Morgan fingerprint density at radius 3 is 1.18 bits per heavy atom. The van der Waals surface area contributed by atoms with Gasteiger partial charge in [-0.3, -0.25) is 9.59 Å². The number of carbonyl (C=O) groups is 2. The van der Waals surface area contributed by atoms with Crippen LogP contribution in [0.2, 0.25) is 0 Å². The minimum atomic E-state index is 0.164. The SMILES string of the molecule is CCCCCCCCNC(=O)C[N+](C)(C)CCCC[N+](C)(C)CC(=O)NCCCCCCCC. The van der Waals surface area contributed by atoms with Gasteiger partial charge in [-0.25, -0.2) is 0 Å². The Morgan fingerprint density at radius 1 is 0.500 bits per heavy atom. The lowest BCUT2D eigenvalue weighted by molar-refractivity contribution is -0.889. The molecular formula is C28H60N4O2+2. The van der Waals surface area contributed by atoms with Crippen molar-refractivity contribution in [3.05, 3.63) is 0 Å². The van der Waals surface area contributed by atoms with Crippen molar-refractivity contribution in [3.63, 3.8) is 0 Å². The Balaban J connectivity index is 3.90. The number of rotatable bonds is 23. The molecule has 0 heterocycles. The topological polar surface area (TPSA) is 58.2 Å². The molecule has 0 saturated carbocycles. The first kappa shape index (κ1) is 32.9. The number of nitrogens with one attached hydrogen (secondary N) is 2. The molecular weight excluding hydrogens is 424 g/mol. The highest BCUT2D eigenvalue weighted by molar-refractivity contribution is 5.77. The predicted molar refractivity (Wildman–Crippen MR) is 146 cm³/mol. The molecule has 0 radical (unpaired) electrons. The Hall–Kier alpha value is -1.14. The fourth-order valence-electron chi connectivity index (χ4n) is 4.39. The third-order valence-corrected chi connectivity index (χ3v) is 6.63. The van der Waals surface area contributed by atoms with Gasteiger partial charge in [0.05, 0.1) is 41.3 Å². The van der Waals surface area contributed by atoms with Gasteiger partial charge in [0.1, 0.15) is 0 Å². The van der Waals surface area contributed by atoms with Crippen LogP contribution >= 0.6 is 0 Å². The van der Waals surface area contributed by atoms with Crippen molar-refractivity contribution in [2.24, 2.45) is 0 Å². The molecule has 0 aliphatic rings. The maximum absolute atomic E-state index is 12.3. The van der Waals surface area contributed by atoms with Crippen LogP contribution in [-0.4, -0.2) is 88.2 Å². The Bertz CT molecular complexity index is 475. The van der Waals surface area contributed by atoms with Gasteiger partial charge in [0, 0.05) is 25.9 Å². The molecule has 0 aliphatic heterocycles. The zero-order valence-corrected chi connectivity index (χ0v) is 23.9. The molecule has 0 fully saturated rings. The number of quaternary nitrogens is 2. The number of hydrogen-bond acceptors (Lipinski definition) is 2. The summed E-state index contributed by atoms with van der Waals surface area (Å²) in [7, 11) is 8.56. The van der Waals surface area contributed by atoms with Crippen molar-refractivity contribution >= 4 is 11.8 Å². The molecule has 6 heteroatoms. The van der Waals surface area contributed by atoms with E-state index in [1.165, 1.54) is 64.2 Å². The van der Waals surface area contributed by atoms with Crippen LogP contribution < -0.4 is 10.6 Å². The maximum atomic E-state index is 12.3. The molecule has 0 aromatic rings. The summed E-state index contributed by atoms with van der Waals surface area (Å²) < 4.78 is 1.43. The van der Waals surface area contributed by atoms with Crippen LogP contribution in [0.5, 0.6) is 0 Å². The van der Waals surface area contributed by atoms with Crippen molar-refractivity contribution in [2.75, 3.05) is 67.5 Å². The second kappa shape index (κ2) is 20.1. The largest absolute Gasteiger partial charge is 0.351 e. The van der Waals surface area contributed by atoms with Gasteiger partial charge in [-0.1, -0.05) is 78.1 Å². The van der Waals surface area contributed by atoms with Gasteiger partial charge >= 0.3 is 0 Å². The zero-order chi connectivity index (χ0) is 25.7. The van der Waals surface area contributed by atoms with Gasteiger partial charge in [-0.05, 0) is 12.8 Å². The highest BCUT2D eigenvalue weighted by Gasteiger charge is 2.22. The second-order valence-electron chi connectivity index (χ2n) is 11.6. The summed E-state index contributed by atoms with van der Waals surface area (Å²) in [4.78, 5) is 24.6. The Morgan fingerprint density at radius 2 is 0.824 bits per heavy atom. The average molecular weight is 485 g/mol. The summed E-state index contributed by atoms with van der Waals surface area (Å²) >= 11 is 0. The number of nitrogens with zero attached hydrogens (tertiary/aromatic N) is 2. The van der Waals surface area contributed by atoms with E-state index in [2.05, 4.69) is 52.7 Å². The van der Waals surface area contributed by atoms with E-state index in [0.717, 1.165) is 51.9 Å². The lowest BCUT2D eigenvalue weighted by atomic mass is 10.1. The molecule has 0 aromatic heterocycles. The second-order valence-corrected chi connectivity index (χ2v) is 11.6. The third kappa shape index (κ3) is 21.4. The molecule has 202 valence electrons. The normalized spacial score (nSPS) is 12.1. The number of unbranched alkanes of at least 4 members (excludes halogenated alkanes) is 11. The Kier molecular flexibility index (Phi) is 19.4. The van der Waals surface area contributed by atoms with Crippen molar-refractivity contribution in [2.45, 2.75) is 104 Å². The summed E-state index contributed by atoms with van der Waals surface area (Å²) in [5, 5.41) is 6.19. The molecule has 6 nitrogen and oxygen atoms in total. The Labute approximate surface area is 212 Å². The van der Waals surface area contributed by atoms with Crippen LogP contribution in [-0.2, 0) is 9.59 Å². The van der Waals surface area contributed by atoms with E-state index >= 15 is 0 Å². The van der Waals surface area contributed by atoms with Gasteiger partial charge in [0.2, 0.25) is 0 Å². The van der Waals surface area contributed by atoms with Crippen LogP contribution in [0.25, 0.3) is 0 Å². The van der Waals surface area contributed by atoms with Crippen molar-refractivity contribution < 1.29 is 18.6 Å². The van der Waals surface area contributed by atoms with E-state index in [1.54, 1.807) is 0 Å². The number of hydrogen-bond donors (Lipinski definition) is 2. The lowest BCUT2D eigenvalue weighted by Gasteiger charge is -2.31. The fraction of sp³-hybridized carbons (Fsp3) is 0.929. The van der Waals surface area contributed by atoms with Crippen LogP contribution in [0.4, 0.5) is 0 Å².